The van der Waals surface area contributed by atoms with Crippen LogP contribution >= 0.6 is 15.9 Å². The monoisotopic (exact) mass is 400 g/mol. The minimum absolute atomic E-state index is 0.372. The summed E-state index contributed by atoms with van der Waals surface area (Å²) in [5, 5.41) is 11.6. The van der Waals surface area contributed by atoms with Crippen LogP contribution in [0.4, 0.5) is 0 Å². The molecule has 130 valence electrons. The van der Waals surface area contributed by atoms with Crippen molar-refractivity contribution >= 4 is 15.9 Å². The summed E-state index contributed by atoms with van der Waals surface area (Å²) in [5.74, 6) is 0.939. The predicted octanol–water partition coefficient (Wildman–Crippen LogP) is 4.78. The molecule has 1 fully saturated rings. The van der Waals surface area contributed by atoms with Gasteiger partial charge in [0.15, 0.2) is 0 Å². The number of halogens is 1. The summed E-state index contributed by atoms with van der Waals surface area (Å²) < 4.78 is 6.47. The van der Waals surface area contributed by atoms with Crippen molar-refractivity contribution in [3.63, 3.8) is 0 Å². The van der Waals surface area contributed by atoms with Crippen molar-refractivity contribution in [1.82, 2.24) is 20.3 Å². The fourth-order valence-electron chi connectivity index (χ4n) is 3.85. The van der Waals surface area contributed by atoms with Crippen LogP contribution in [0.15, 0.2) is 39.5 Å². The summed E-state index contributed by atoms with van der Waals surface area (Å²) >= 11 is 3.55. The molecule has 1 saturated heterocycles. The van der Waals surface area contributed by atoms with Crippen LogP contribution < -0.4 is 0 Å². The van der Waals surface area contributed by atoms with Gasteiger partial charge in [-0.2, -0.15) is 5.10 Å². The average molecular weight is 401 g/mol. The Bertz CT molecular complexity index is 866. The largest absolute Gasteiger partial charge is 0.361 e. The standard InChI is InChI=1S/C19H21BrN4O/c1-12-18(13(2)25-23-12)17-7-4-8-24(17)11-15-10-21-22-19(15)14-5-3-6-16(20)9-14/h3,5-6,9-10,17H,4,7-8,11H2,1-2H3,(H,21,22)/t17-/m1/s1. The van der Waals surface area contributed by atoms with Crippen molar-refractivity contribution < 1.29 is 4.52 Å². The van der Waals surface area contributed by atoms with Gasteiger partial charge in [-0.15, -0.1) is 0 Å². The fraction of sp³-hybridized carbons (Fsp3) is 0.368. The topological polar surface area (TPSA) is 58.0 Å². The molecule has 1 atom stereocenters. The number of nitrogens with one attached hydrogen (secondary N) is 1. The third kappa shape index (κ3) is 3.16. The van der Waals surface area contributed by atoms with E-state index in [1.807, 2.05) is 32.2 Å². The molecule has 5 nitrogen and oxygen atoms in total. The van der Waals surface area contributed by atoms with Crippen molar-refractivity contribution in [2.45, 2.75) is 39.3 Å². The highest BCUT2D eigenvalue weighted by atomic mass is 79.9. The maximum absolute atomic E-state index is 5.40. The highest BCUT2D eigenvalue weighted by Gasteiger charge is 2.31. The van der Waals surface area contributed by atoms with Crippen LogP contribution in [-0.2, 0) is 6.54 Å². The lowest BCUT2D eigenvalue weighted by molar-refractivity contribution is 0.246. The van der Waals surface area contributed by atoms with E-state index >= 15 is 0 Å². The Labute approximate surface area is 155 Å². The second-order valence-corrected chi connectivity index (χ2v) is 7.56. The minimum Gasteiger partial charge on any atom is -0.361 e. The van der Waals surface area contributed by atoms with Gasteiger partial charge in [-0.05, 0) is 45.4 Å². The van der Waals surface area contributed by atoms with Gasteiger partial charge < -0.3 is 4.52 Å². The molecular formula is C19H21BrN4O. The van der Waals surface area contributed by atoms with Gasteiger partial charge in [-0.25, -0.2) is 0 Å². The van der Waals surface area contributed by atoms with Crippen LogP contribution in [0.25, 0.3) is 11.3 Å². The molecule has 2 aromatic heterocycles. The van der Waals surface area contributed by atoms with E-state index < -0.39 is 0 Å². The number of likely N-dealkylation sites (tertiary alicyclic amines) is 1. The van der Waals surface area contributed by atoms with Crippen molar-refractivity contribution in [1.29, 1.82) is 0 Å². The first-order valence-electron chi connectivity index (χ1n) is 8.58. The average Bonchev–Trinajstić information content (AvgIpc) is 3.30. The van der Waals surface area contributed by atoms with E-state index in [4.69, 9.17) is 4.52 Å². The number of rotatable bonds is 4. The Morgan fingerprint density at radius 2 is 2.24 bits per heavy atom. The molecule has 0 amide bonds. The molecule has 3 heterocycles. The number of aromatic nitrogens is 3. The zero-order valence-electron chi connectivity index (χ0n) is 14.4. The zero-order valence-corrected chi connectivity index (χ0v) is 16.0. The van der Waals surface area contributed by atoms with E-state index in [0.29, 0.717) is 6.04 Å². The molecule has 4 rings (SSSR count). The smallest absolute Gasteiger partial charge is 0.138 e. The lowest BCUT2D eigenvalue weighted by atomic mass is 10.0. The van der Waals surface area contributed by atoms with E-state index in [2.05, 4.69) is 48.3 Å². The van der Waals surface area contributed by atoms with E-state index in [1.165, 1.54) is 17.5 Å². The van der Waals surface area contributed by atoms with Gasteiger partial charge in [-0.1, -0.05) is 33.2 Å². The van der Waals surface area contributed by atoms with E-state index in [1.54, 1.807) is 0 Å². The summed E-state index contributed by atoms with van der Waals surface area (Å²) in [6.45, 7) is 5.99. The summed E-state index contributed by atoms with van der Waals surface area (Å²) in [5.41, 5.74) is 5.72. The number of aryl methyl sites for hydroxylation is 2. The van der Waals surface area contributed by atoms with Gasteiger partial charge in [0.2, 0.25) is 0 Å². The molecule has 0 saturated carbocycles. The summed E-state index contributed by atoms with van der Waals surface area (Å²) in [6, 6.07) is 8.68. The number of H-pyrrole nitrogens is 1. The van der Waals surface area contributed by atoms with Crippen molar-refractivity contribution in [3.8, 4) is 11.3 Å². The van der Waals surface area contributed by atoms with E-state index in [0.717, 1.165) is 46.7 Å². The lowest BCUT2D eigenvalue weighted by Gasteiger charge is -2.24. The maximum Gasteiger partial charge on any atom is 0.138 e. The maximum atomic E-state index is 5.40. The third-order valence-electron chi connectivity index (χ3n) is 4.99. The van der Waals surface area contributed by atoms with E-state index in [9.17, 15) is 0 Å². The molecule has 6 heteroatoms. The Kier molecular flexibility index (Phi) is 4.48. The molecule has 1 N–H and O–H groups in total. The molecular weight excluding hydrogens is 380 g/mol. The second kappa shape index (κ2) is 6.77. The molecule has 0 aliphatic carbocycles. The predicted molar refractivity (Wildman–Crippen MR) is 100 cm³/mol. The normalized spacial score (nSPS) is 18.1. The highest BCUT2D eigenvalue weighted by molar-refractivity contribution is 9.10. The number of nitrogens with zero attached hydrogens (tertiary/aromatic N) is 3. The van der Waals surface area contributed by atoms with Gasteiger partial charge in [0, 0.05) is 33.7 Å². The number of benzene rings is 1. The Morgan fingerprint density at radius 1 is 1.36 bits per heavy atom. The SMILES string of the molecule is Cc1noc(C)c1[C@H]1CCCN1Cc1cn[nH]c1-c1cccc(Br)c1. The fourth-order valence-corrected chi connectivity index (χ4v) is 4.25. The van der Waals surface area contributed by atoms with Gasteiger partial charge in [0.25, 0.3) is 0 Å². The zero-order chi connectivity index (χ0) is 17.4. The number of hydrogen-bond donors (Lipinski definition) is 1. The molecule has 0 spiro atoms. The summed E-state index contributed by atoms with van der Waals surface area (Å²) in [4.78, 5) is 2.51. The van der Waals surface area contributed by atoms with Gasteiger partial charge in [0.05, 0.1) is 17.6 Å². The molecule has 0 unspecified atom stereocenters. The quantitative estimate of drug-likeness (QED) is 0.684. The highest BCUT2D eigenvalue weighted by Crippen LogP contribution is 2.37. The molecule has 1 aromatic carbocycles. The Morgan fingerprint density at radius 3 is 3.00 bits per heavy atom. The second-order valence-electron chi connectivity index (χ2n) is 6.65. The summed E-state index contributed by atoms with van der Waals surface area (Å²) in [7, 11) is 0. The van der Waals surface area contributed by atoms with Crippen LogP contribution in [-0.4, -0.2) is 26.8 Å². The minimum atomic E-state index is 0.372. The summed E-state index contributed by atoms with van der Waals surface area (Å²) in [6.07, 6.45) is 4.28. The van der Waals surface area contributed by atoms with E-state index in [-0.39, 0.29) is 0 Å². The van der Waals surface area contributed by atoms with Crippen LogP contribution in [0.2, 0.25) is 0 Å². The first kappa shape index (κ1) is 16.5. The first-order chi connectivity index (χ1) is 12.1. The number of aromatic amines is 1. The van der Waals surface area contributed by atoms with Gasteiger partial charge in [0.1, 0.15) is 5.76 Å². The van der Waals surface area contributed by atoms with Crippen molar-refractivity contribution in [2.75, 3.05) is 6.54 Å². The molecule has 0 radical (unpaired) electrons. The molecule has 3 aromatic rings. The molecule has 1 aliphatic rings. The number of hydrogen-bond acceptors (Lipinski definition) is 4. The molecule has 0 bridgehead atoms. The Balaban J connectivity index is 1.62. The third-order valence-corrected chi connectivity index (χ3v) is 5.48. The van der Waals surface area contributed by atoms with Crippen LogP contribution in [0.3, 0.4) is 0 Å². The molecule has 25 heavy (non-hydrogen) atoms. The van der Waals surface area contributed by atoms with Gasteiger partial charge in [-0.3, -0.25) is 10.00 Å². The van der Waals surface area contributed by atoms with Crippen molar-refractivity contribution in [2.24, 2.45) is 0 Å². The van der Waals surface area contributed by atoms with Crippen LogP contribution in [0.5, 0.6) is 0 Å². The first-order valence-corrected chi connectivity index (χ1v) is 9.38. The van der Waals surface area contributed by atoms with Crippen LogP contribution in [0.1, 0.15) is 41.5 Å². The Hall–Kier alpha value is -1.92. The molecule has 1 aliphatic heterocycles. The van der Waals surface area contributed by atoms with Crippen molar-refractivity contribution in [3.05, 3.63) is 57.5 Å². The lowest BCUT2D eigenvalue weighted by Crippen LogP contribution is -2.23. The van der Waals surface area contributed by atoms with Crippen LogP contribution in [0, 0.1) is 13.8 Å². The van der Waals surface area contributed by atoms with Gasteiger partial charge >= 0.3 is 0 Å².